The van der Waals surface area contributed by atoms with Crippen molar-refractivity contribution < 1.29 is 17.9 Å². The first kappa shape index (κ1) is 28.4. The summed E-state index contributed by atoms with van der Waals surface area (Å²) in [6.45, 7) is 2.50. The Morgan fingerprint density at radius 3 is 2.47 bits per heavy atom. The van der Waals surface area contributed by atoms with Gasteiger partial charge >= 0.3 is 0 Å². The molecule has 1 N–H and O–H groups in total. The van der Waals surface area contributed by atoms with E-state index in [1.807, 2.05) is 31.2 Å². The van der Waals surface area contributed by atoms with Crippen LogP contribution < -0.4 is 14.4 Å². The van der Waals surface area contributed by atoms with Gasteiger partial charge in [0.15, 0.2) is 0 Å². The fourth-order valence-corrected chi connectivity index (χ4v) is 6.14. The number of thioether (sulfide) groups is 1. The molecule has 192 valence electrons. The minimum absolute atomic E-state index is 0.102. The van der Waals surface area contributed by atoms with Crippen molar-refractivity contribution in [3.63, 3.8) is 0 Å². The van der Waals surface area contributed by atoms with Crippen molar-refractivity contribution in [3.8, 4) is 5.75 Å². The van der Waals surface area contributed by atoms with E-state index in [4.69, 9.17) is 16.3 Å². The van der Waals surface area contributed by atoms with Gasteiger partial charge in [-0.2, -0.15) is 11.8 Å². The average molecular weight is 612 g/mol. The topological polar surface area (TPSA) is 75.7 Å². The molecule has 0 radical (unpaired) electrons. The number of nitrogens with zero attached hydrogens (tertiary/aromatic N) is 1. The predicted molar refractivity (Wildman–Crippen MR) is 152 cm³/mol. The van der Waals surface area contributed by atoms with Gasteiger partial charge in [0.2, 0.25) is 5.91 Å². The molecule has 3 aromatic carbocycles. The van der Waals surface area contributed by atoms with Gasteiger partial charge in [-0.25, -0.2) is 8.42 Å². The second-order valence-electron chi connectivity index (χ2n) is 7.78. The van der Waals surface area contributed by atoms with Crippen LogP contribution in [0.3, 0.4) is 0 Å². The second kappa shape index (κ2) is 13.9. The number of sulfonamides is 1. The molecule has 0 saturated carbocycles. The first-order valence-corrected chi connectivity index (χ1v) is 15.2. The Bertz CT molecular complexity index is 1240. The van der Waals surface area contributed by atoms with Crippen molar-refractivity contribution >= 4 is 60.9 Å². The molecule has 0 heterocycles. The third kappa shape index (κ3) is 8.44. The highest BCUT2D eigenvalue weighted by Crippen LogP contribution is 2.26. The van der Waals surface area contributed by atoms with Crippen molar-refractivity contribution in [2.75, 3.05) is 29.8 Å². The van der Waals surface area contributed by atoms with E-state index in [2.05, 4.69) is 21.2 Å². The molecule has 0 aliphatic heterocycles. The Balaban J connectivity index is 1.61. The first-order valence-electron chi connectivity index (χ1n) is 11.4. The van der Waals surface area contributed by atoms with Gasteiger partial charge in [-0.15, -0.1) is 0 Å². The van der Waals surface area contributed by atoms with E-state index < -0.39 is 10.0 Å². The molecule has 0 bridgehead atoms. The summed E-state index contributed by atoms with van der Waals surface area (Å²) < 4.78 is 34.2. The second-order valence-corrected chi connectivity index (χ2v) is 12.1. The summed E-state index contributed by atoms with van der Waals surface area (Å²) >= 11 is 11.1. The number of carbonyl (C=O) groups excluding carboxylic acids is 1. The lowest BCUT2D eigenvalue weighted by Crippen LogP contribution is -2.41. The average Bonchev–Trinajstić information content (AvgIpc) is 2.86. The van der Waals surface area contributed by atoms with Crippen LogP contribution in [0.15, 0.2) is 82.2 Å². The van der Waals surface area contributed by atoms with Crippen LogP contribution in [0.2, 0.25) is 5.02 Å². The van der Waals surface area contributed by atoms with Crippen LogP contribution in [-0.4, -0.2) is 39.8 Å². The van der Waals surface area contributed by atoms with Gasteiger partial charge in [-0.3, -0.25) is 9.10 Å². The molecule has 3 rings (SSSR count). The maximum absolute atomic E-state index is 13.5. The zero-order valence-electron chi connectivity index (χ0n) is 19.8. The number of rotatable bonds is 13. The van der Waals surface area contributed by atoms with Crippen molar-refractivity contribution in [1.82, 2.24) is 5.32 Å². The van der Waals surface area contributed by atoms with E-state index in [-0.39, 0.29) is 17.3 Å². The van der Waals surface area contributed by atoms with Gasteiger partial charge in [0, 0.05) is 21.8 Å². The third-order valence-corrected chi connectivity index (χ3v) is 8.74. The van der Waals surface area contributed by atoms with E-state index in [1.165, 1.54) is 12.1 Å². The lowest BCUT2D eigenvalue weighted by Gasteiger charge is -2.24. The number of nitrogens with one attached hydrogen (secondary N) is 1. The highest BCUT2D eigenvalue weighted by Gasteiger charge is 2.27. The summed E-state index contributed by atoms with van der Waals surface area (Å²) in [6, 6.07) is 20.7. The molecule has 0 saturated heterocycles. The van der Waals surface area contributed by atoms with Crippen LogP contribution >= 0.6 is 39.3 Å². The predicted octanol–water partition coefficient (Wildman–Crippen LogP) is 6.14. The van der Waals surface area contributed by atoms with Crippen LogP contribution in [0.5, 0.6) is 5.75 Å². The molecule has 0 aliphatic carbocycles. The summed E-state index contributed by atoms with van der Waals surface area (Å²) in [6.07, 6.45) is 0.763. The van der Waals surface area contributed by atoms with Crippen LogP contribution in [0.4, 0.5) is 5.69 Å². The summed E-state index contributed by atoms with van der Waals surface area (Å²) in [5.74, 6) is 1.95. The van der Waals surface area contributed by atoms with E-state index in [1.54, 1.807) is 48.2 Å². The van der Waals surface area contributed by atoms with E-state index >= 15 is 0 Å². The molecular formula is C26H28BrClN2O4S2. The van der Waals surface area contributed by atoms with E-state index in [9.17, 15) is 13.2 Å². The van der Waals surface area contributed by atoms with Crippen LogP contribution in [0, 0.1) is 0 Å². The fourth-order valence-electron chi connectivity index (χ4n) is 3.33. The molecule has 0 spiro atoms. The van der Waals surface area contributed by atoms with Crippen molar-refractivity contribution in [1.29, 1.82) is 0 Å². The van der Waals surface area contributed by atoms with Crippen molar-refractivity contribution in [2.24, 2.45) is 0 Å². The van der Waals surface area contributed by atoms with E-state index in [0.29, 0.717) is 24.6 Å². The minimum atomic E-state index is -3.97. The maximum Gasteiger partial charge on any atom is 0.264 e. The zero-order valence-corrected chi connectivity index (χ0v) is 23.8. The number of benzene rings is 3. The molecule has 3 aromatic rings. The molecule has 0 atom stereocenters. The lowest BCUT2D eigenvalue weighted by atomic mass is 10.2. The molecule has 1 amide bonds. The van der Waals surface area contributed by atoms with Crippen molar-refractivity contribution in [2.45, 2.75) is 24.0 Å². The molecule has 0 unspecified atom stereocenters. The fraction of sp³-hybridized carbons (Fsp3) is 0.269. The normalized spacial score (nSPS) is 11.2. The number of halogens is 2. The minimum Gasteiger partial charge on any atom is -0.494 e. The largest absolute Gasteiger partial charge is 0.494 e. The molecule has 10 heteroatoms. The van der Waals surface area contributed by atoms with Gasteiger partial charge in [0.25, 0.3) is 10.0 Å². The van der Waals surface area contributed by atoms with Crippen LogP contribution in [-0.2, 0) is 20.6 Å². The molecule has 0 aromatic heterocycles. The third-order valence-electron chi connectivity index (χ3n) is 5.07. The highest BCUT2D eigenvalue weighted by molar-refractivity contribution is 9.10. The Labute approximate surface area is 230 Å². The summed E-state index contributed by atoms with van der Waals surface area (Å²) in [4.78, 5) is 12.9. The smallest absolute Gasteiger partial charge is 0.264 e. The Kier molecular flexibility index (Phi) is 11.0. The maximum atomic E-state index is 13.5. The zero-order chi connectivity index (χ0) is 26.0. The first-order chi connectivity index (χ1) is 17.3. The number of amides is 1. The van der Waals surface area contributed by atoms with Gasteiger partial charge in [-0.05, 0) is 85.3 Å². The Morgan fingerprint density at radius 1 is 1.08 bits per heavy atom. The van der Waals surface area contributed by atoms with Gasteiger partial charge in [0.05, 0.1) is 17.2 Å². The quantitative estimate of drug-likeness (QED) is 0.235. The van der Waals surface area contributed by atoms with Crippen molar-refractivity contribution in [3.05, 3.63) is 87.9 Å². The summed E-state index contributed by atoms with van der Waals surface area (Å²) in [5, 5.41) is 3.56. The van der Waals surface area contributed by atoms with Crippen LogP contribution in [0.25, 0.3) is 0 Å². The highest BCUT2D eigenvalue weighted by atomic mass is 79.9. The number of anilines is 1. The summed E-state index contributed by atoms with van der Waals surface area (Å²) in [5.41, 5.74) is 1.54. The number of hydrogen-bond donors (Lipinski definition) is 1. The molecule has 36 heavy (non-hydrogen) atoms. The number of ether oxygens (including phenoxy) is 1. The monoisotopic (exact) mass is 610 g/mol. The molecule has 0 aliphatic rings. The molecule has 6 nitrogen and oxygen atoms in total. The Hall–Kier alpha value is -2.20. The number of hydrogen-bond acceptors (Lipinski definition) is 5. The molecule has 0 fully saturated rings. The SMILES string of the molecule is CCOc1ccc(N(CC(=O)NCCCSCc2cccc(Cl)c2)S(=O)(=O)c2ccc(Br)cc2)cc1. The molecular weight excluding hydrogens is 584 g/mol. The summed E-state index contributed by atoms with van der Waals surface area (Å²) in [7, 11) is -3.97. The standard InChI is InChI=1S/C26H28BrClN2O4S2/c1-2-34-24-11-9-23(10-12-24)30(36(32,33)25-13-7-21(27)8-14-25)18-26(31)29-15-4-16-35-19-20-5-3-6-22(28)17-20/h3,5-14,17H,2,4,15-16,18-19H2,1H3,(H,29,31). The van der Waals surface area contributed by atoms with Gasteiger partial charge in [0.1, 0.15) is 12.3 Å². The number of carbonyl (C=O) groups is 1. The van der Waals surface area contributed by atoms with E-state index in [0.717, 1.165) is 37.3 Å². The lowest BCUT2D eigenvalue weighted by molar-refractivity contribution is -0.119. The van der Waals surface area contributed by atoms with Crippen LogP contribution in [0.1, 0.15) is 18.9 Å². The van der Waals surface area contributed by atoms with Gasteiger partial charge < -0.3 is 10.1 Å². The van der Waals surface area contributed by atoms with Gasteiger partial charge in [-0.1, -0.05) is 39.7 Å². The Morgan fingerprint density at radius 2 is 1.81 bits per heavy atom.